The average Bonchev–Trinajstić information content (AvgIpc) is 2.68. The maximum atomic E-state index is 13.0. The summed E-state index contributed by atoms with van der Waals surface area (Å²) in [6.45, 7) is 0. The molecule has 1 N–H and O–H groups in total. The van der Waals surface area contributed by atoms with E-state index in [4.69, 9.17) is 16.6 Å². The fourth-order valence-corrected chi connectivity index (χ4v) is 4.70. The molecule has 3 nitrogen and oxygen atoms in total. The van der Waals surface area contributed by atoms with Gasteiger partial charge in [-0.15, -0.1) is 0 Å². The topological polar surface area (TPSA) is 42.0 Å². The normalized spacial score (nSPS) is 15.0. The number of hydrogen-bond donors (Lipinski definition) is 1. The Bertz CT molecular complexity index is 969. The third kappa shape index (κ3) is 4.45. The first-order valence-corrected chi connectivity index (χ1v) is 10.5. The molecule has 4 rings (SSSR count). The second-order valence-electron chi connectivity index (χ2n) is 6.89. The van der Waals surface area contributed by atoms with Gasteiger partial charge in [-0.3, -0.25) is 4.79 Å². The number of carbonyl (C=O) groups is 1. The van der Waals surface area contributed by atoms with Crippen molar-refractivity contribution < 1.29 is 4.79 Å². The van der Waals surface area contributed by atoms with Gasteiger partial charge in [0.05, 0.1) is 11.1 Å². The van der Waals surface area contributed by atoms with Crippen LogP contribution in [0.3, 0.4) is 0 Å². The molecule has 0 radical (unpaired) electrons. The van der Waals surface area contributed by atoms with Crippen LogP contribution in [0.5, 0.6) is 0 Å². The first-order valence-electron chi connectivity index (χ1n) is 9.33. The molecule has 0 unspecified atom stereocenters. The molecular weight excluding hydrogens is 376 g/mol. The van der Waals surface area contributed by atoms with Crippen LogP contribution in [-0.2, 0) is 0 Å². The van der Waals surface area contributed by atoms with Crippen LogP contribution in [0.15, 0.2) is 64.5 Å². The van der Waals surface area contributed by atoms with Crippen LogP contribution in [0.1, 0.15) is 42.5 Å². The molecule has 1 saturated carbocycles. The number of fused-ring (bicyclic) bond motifs is 1. The number of pyridine rings is 1. The number of nitrogens with zero attached hydrogens (tertiary/aromatic N) is 1. The lowest BCUT2D eigenvalue weighted by molar-refractivity contribution is 0.0929. The van der Waals surface area contributed by atoms with Gasteiger partial charge in [0.15, 0.2) is 0 Å². The lowest BCUT2D eigenvalue weighted by Crippen LogP contribution is -2.36. The fraction of sp³-hybridized carbons (Fsp3) is 0.273. The van der Waals surface area contributed by atoms with Crippen molar-refractivity contribution in [2.24, 2.45) is 0 Å². The molecule has 2 aromatic carbocycles. The van der Waals surface area contributed by atoms with Crippen LogP contribution in [0, 0.1) is 0 Å². The fourth-order valence-electron chi connectivity index (χ4n) is 3.55. The summed E-state index contributed by atoms with van der Waals surface area (Å²) in [5.41, 5.74) is 1.52. The van der Waals surface area contributed by atoms with Gasteiger partial charge in [0.2, 0.25) is 0 Å². The monoisotopic (exact) mass is 396 g/mol. The maximum Gasteiger partial charge on any atom is 0.252 e. The highest BCUT2D eigenvalue weighted by Gasteiger charge is 2.19. The van der Waals surface area contributed by atoms with Crippen molar-refractivity contribution in [2.75, 3.05) is 0 Å². The Kier molecular flexibility index (Phi) is 5.65. The van der Waals surface area contributed by atoms with Crippen molar-refractivity contribution in [3.63, 3.8) is 0 Å². The van der Waals surface area contributed by atoms with Gasteiger partial charge in [0.25, 0.3) is 5.91 Å². The number of amides is 1. The number of aromatic nitrogens is 1. The molecule has 1 aliphatic rings. The zero-order valence-corrected chi connectivity index (χ0v) is 16.5. The van der Waals surface area contributed by atoms with Gasteiger partial charge < -0.3 is 5.32 Å². The minimum Gasteiger partial charge on any atom is -0.349 e. The number of halogens is 1. The minimum atomic E-state index is -0.00607. The molecule has 1 fully saturated rings. The van der Waals surface area contributed by atoms with Crippen molar-refractivity contribution in [3.8, 4) is 0 Å². The average molecular weight is 397 g/mol. The number of benzene rings is 2. The smallest absolute Gasteiger partial charge is 0.252 e. The molecule has 1 aliphatic carbocycles. The highest BCUT2D eigenvalue weighted by atomic mass is 35.5. The molecule has 27 heavy (non-hydrogen) atoms. The zero-order valence-electron chi connectivity index (χ0n) is 15.0. The molecule has 138 valence electrons. The summed E-state index contributed by atoms with van der Waals surface area (Å²) in [4.78, 5) is 18.7. The summed E-state index contributed by atoms with van der Waals surface area (Å²) in [5.74, 6) is -0.00607. The van der Waals surface area contributed by atoms with Crippen molar-refractivity contribution >= 4 is 40.2 Å². The molecule has 0 aliphatic heterocycles. The van der Waals surface area contributed by atoms with E-state index >= 15 is 0 Å². The van der Waals surface area contributed by atoms with Crippen molar-refractivity contribution in [2.45, 2.75) is 48.1 Å². The van der Waals surface area contributed by atoms with Crippen molar-refractivity contribution in [1.29, 1.82) is 0 Å². The van der Waals surface area contributed by atoms with Crippen LogP contribution >= 0.6 is 23.4 Å². The van der Waals surface area contributed by atoms with E-state index in [-0.39, 0.29) is 11.9 Å². The van der Waals surface area contributed by atoms with E-state index in [1.165, 1.54) is 31.0 Å². The van der Waals surface area contributed by atoms with Crippen LogP contribution < -0.4 is 5.32 Å². The summed E-state index contributed by atoms with van der Waals surface area (Å²) in [7, 11) is 0. The van der Waals surface area contributed by atoms with Crippen LogP contribution in [0.4, 0.5) is 0 Å². The molecule has 5 heteroatoms. The summed E-state index contributed by atoms with van der Waals surface area (Å²) < 4.78 is 0. The van der Waals surface area contributed by atoms with E-state index < -0.39 is 0 Å². The molecule has 0 spiro atoms. The molecular formula is C22H21ClN2OS. The van der Waals surface area contributed by atoms with Gasteiger partial charge in [-0.2, -0.15) is 0 Å². The highest BCUT2D eigenvalue weighted by Crippen LogP contribution is 2.31. The lowest BCUT2D eigenvalue weighted by Gasteiger charge is -2.23. The van der Waals surface area contributed by atoms with E-state index in [2.05, 4.69) is 5.32 Å². The summed E-state index contributed by atoms with van der Waals surface area (Å²) in [5, 5.41) is 5.61. The molecule has 1 amide bonds. The van der Waals surface area contributed by atoms with Gasteiger partial charge >= 0.3 is 0 Å². The van der Waals surface area contributed by atoms with Crippen molar-refractivity contribution in [3.05, 3.63) is 65.2 Å². The highest BCUT2D eigenvalue weighted by molar-refractivity contribution is 7.99. The number of hydrogen-bond acceptors (Lipinski definition) is 3. The van der Waals surface area contributed by atoms with E-state index in [0.29, 0.717) is 10.6 Å². The van der Waals surface area contributed by atoms with E-state index in [0.717, 1.165) is 33.7 Å². The number of rotatable bonds is 4. The van der Waals surface area contributed by atoms with E-state index in [1.807, 2.05) is 54.6 Å². The Morgan fingerprint density at radius 1 is 1.04 bits per heavy atom. The molecule has 0 atom stereocenters. The molecule has 0 saturated heterocycles. The predicted octanol–water partition coefficient (Wildman–Crippen LogP) is 6.10. The zero-order chi connectivity index (χ0) is 18.6. The number of nitrogens with one attached hydrogen (secondary N) is 1. The Balaban J connectivity index is 1.66. The van der Waals surface area contributed by atoms with Gasteiger partial charge in [0, 0.05) is 21.3 Å². The van der Waals surface area contributed by atoms with Crippen LogP contribution in [0.2, 0.25) is 5.02 Å². The lowest BCUT2D eigenvalue weighted by atomic mass is 9.95. The summed E-state index contributed by atoms with van der Waals surface area (Å²) >= 11 is 7.62. The van der Waals surface area contributed by atoms with Gasteiger partial charge in [-0.1, -0.05) is 66.9 Å². The predicted molar refractivity (Wildman–Crippen MR) is 112 cm³/mol. The first-order chi connectivity index (χ1) is 13.2. The Labute approximate surface area is 168 Å². The molecule has 1 heterocycles. The first kappa shape index (κ1) is 18.3. The third-order valence-corrected chi connectivity index (χ3v) is 6.04. The van der Waals surface area contributed by atoms with E-state index in [9.17, 15) is 4.79 Å². The largest absolute Gasteiger partial charge is 0.349 e. The maximum absolute atomic E-state index is 13.0. The Hall–Kier alpha value is -2.04. The number of para-hydroxylation sites is 1. The molecule has 3 aromatic rings. The van der Waals surface area contributed by atoms with Gasteiger partial charge in [-0.25, -0.2) is 4.98 Å². The van der Waals surface area contributed by atoms with E-state index in [1.54, 1.807) is 0 Å². The Morgan fingerprint density at radius 3 is 2.67 bits per heavy atom. The SMILES string of the molecule is O=C(NC1CCCCC1)c1cc(Sc2cccc(Cl)c2)nc2ccccc12. The van der Waals surface area contributed by atoms with Crippen LogP contribution in [-0.4, -0.2) is 16.9 Å². The molecule has 1 aromatic heterocycles. The second-order valence-corrected chi connectivity index (χ2v) is 8.42. The third-order valence-electron chi connectivity index (χ3n) is 4.90. The summed E-state index contributed by atoms with van der Waals surface area (Å²) in [6.07, 6.45) is 5.79. The quantitative estimate of drug-likeness (QED) is 0.579. The van der Waals surface area contributed by atoms with Gasteiger partial charge in [0.1, 0.15) is 5.03 Å². The van der Waals surface area contributed by atoms with Crippen molar-refractivity contribution in [1.82, 2.24) is 10.3 Å². The minimum absolute atomic E-state index is 0.00607. The standard InChI is InChI=1S/C22H21ClN2OS/c23-15-7-6-10-17(13-15)27-21-14-19(18-11-4-5-12-20(18)25-21)22(26)24-16-8-2-1-3-9-16/h4-7,10-14,16H,1-3,8-9H2,(H,24,26). The Morgan fingerprint density at radius 2 is 1.85 bits per heavy atom. The van der Waals surface area contributed by atoms with Gasteiger partial charge in [-0.05, 0) is 43.2 Å². The summed E-state index contributed by atoms with van der Waals surface area (Å²) in [6, 6.07) is 17.7. The van der Waals surface area contributed by atoms with Crippen LogP contribution in [0.25, 0.3) is 10.9 Å². The second kappa shape index (κ2) is 8.32. The number of carbonyl (C=O) groups excluding carboxylic acids is 1. The molecule has 0 bridgehead atoms.